The van der Waals surface area contributed by atoms with Crippen molar-refractivity contribution in [2.75, 3.05) is 11.8 Å². The van der Waals surface area contributed by atoms with E-state index in [4.69, 9.17) is 0 Å². The summed E-state index contributed by atoms with van der Waals surface area (Å²) in [7, 11) is -2.52. The second kappa shape index (κ2) is 5.38. The zero-order chi connectivity index (χ0) is 14.8. The number of carbonyl (C=O) groups is 1. The molecule has 7 heteroatoms. The molecule has 20 heavy (non-hydrogen) atoms. The first kappa shape index (κ1) is 14.1. The second-order valence-electron chi connectivity index (χ2n) is 4.16. The van der Waals surface area contributed by atoms with E-state index in [1.54, 1.807) is 25.1 Å². The molecule has 0 unspecified atom stereocenters. The lowest BCUT2D eigenvalue weighted by molar-refractivity contribution is 0.0595. The minimum Gasteiger partial charge on any atom is -0.464 e. The van der Waals surface area contributed by atoms with Crippen LogP contribution in [0.3, 0.4) is 0 Å². The first-order chi connectivity index (χ1) is 9.44. The van der Waals surface area contributed by atoms with Crippen molar-refractivity contribution in [2.45, 2.75) is 11.8 Å². The SMILES string of the molecule is COC(=O)c1cc(S(=O)(=O)Nc2ccccc2C)c[nH]1. The quantitative estimate of drug-likeness (QED) is 0.843. The summed E-state index contributed by atoms with van der Waals surface area (Å²) in [6, 6.07) is 8.25. The molecule has 0 aliphatic rings. The topological polar surface area (TPSA) is 88.3 Å². The van der Waals surface area contributed by atoms with Crippen molar-refractivity contribution in [1.29, 1.82) is 0 Å². The zero-order valence-electron chi connectivity index (χ0n) is 11.0. The van der Waals surface area contributed by atoms with Crippen LogP contribution in [0.15, 0.2) is 41.4 Å². The van der Waals surface area contributed by atoms with Crippen LogP contribution in [0.1, 0.15) is 16.1 Å². The summed E-state index contributed by atoms with van der Waals surface area (Å²) in [5.41, 5.74) is 1.38. The molecule has 1 aromatic heterocycles. The van der Waals surface area contributed by atoms with Crippen LogP contribution in [-0.4, -0.2) is 26.5 Å². The number of methoxy groups -OCH3 is 1. The highest BCUT2D eigenvalue weighted by molar-refractivity contribution is 7.92. The highest BCUT2D eigenvalue weighted by atomic mass is 32.2. The maximum atomic E-state index is 12.2. The van der Waals surface area contributed by atoms with Crippen LogP contribution in [0.2, 0.25) is 0 Å². The number of H-pyrrole nitrogens is 1. The Hall–Kier alpha value is -2.28. The normalized spacial score (nSPS) is 11.1. The smallest absolute Gasteiger partial charge is 0.354 e. The Labute approximate surface area is 116 Å². The number of carbonyl (C=O) groups excluding carboxylic acids is 1. The van der Waals surface area contributed by atoms with Crippen molar-refractivity contribution in [3.8, 4) is 0 Å². The molecule has 2 rings (SSSR count). The Balaban J connectivity index is 2.29. The number of aryl methyl sites for hydroxylation is 1. The maximum Gasteiger partial charge on any atom is 0.354 e. The van der Waals surface area contributed by atoms with Gasteiger partial charge in [-0.2, -0.15) is 0 Å². The Bertz CT molecular complexity index is 734. The van der Waals surface area contributed by atoms with Crippen molar-refractivity contribution in [3.63, 3.8) is 0 Å². The molecule has 0 radical (unpaired) electrons. The number of aromatic nitrogens is 1. The Morgan fingerprint density at radius 3 is 2.65 bits per heavy atom. The van der Waals surface area contributed by atoms with Crippen LogP contribution in [0, 0.1) is 6.92 Å². The predicted molar refractivity (Wildman–Crippen MR) is 74.1 cm³/mol. The zero-order valence-corrected chi connectivity index (χ0v) is 11.8. The van der Waals surface area contributed by atoms with Crippen LogP contribution in [0.4, 0.5) is 5.69 Å². The van der Waals surface area contributed by atoms with E-state index >= 15 is 0 Å². The number of aromatic amines is 1. The molecular formula is C13H14N2O4S. The van der Waals surface area contributed by atoms with E-state index in [1.807, 2.05) is 6.07 Å². The van der Waals surface area contributed by atoms with Gasteiger partial charge in [-0.3, -0.25) is 4.72 Å². The number of rotatable bonds is 4. The third-order valence-corrected chi connectivity index (χ3v) is 4.11. The minimum absolute atomic E-state index is 0.0267. The molecule has 2 aromatic rings. The molecule has 1 aromatic carbocycles. The van der Waals surface area contributed by atoms with Gasteiger partial charge in [0.05, 0.1) is 12.8 Å². The minimum atomic E-state index is -3.75. The maximum absolute atomic E-state index is 12.2. The lowest BCUT2D eigenvalue weighted by Crippen LogP contribution is -2.13. The van der Waals surface area contributed by atoms with Crippen LogP contribution in [0.5, 0.6) is 0 Å². The molecular weight excluding hydrogens is 280 g/mol. The molecule has 106 valence electrons. The van der Waals surface area contributed by atoms with E-state index in [9.17, 15) is 13.2 Å². The number of nitrogens with one attached hydrogen (secondary N) is 2. The van der Waals surface area contributed by atoms with Crippen LogP contribution >= 0.6 is 0 Å². The fourth-order valence-electron chi connectivity index (χ4n) is 1.65. The lowest BCUT2D eigenvalue weighted by Gasteiger charge is -2.08. The average Bonchev–Trinajstić information content (AvgIpc) is 2.91. The Morgan fingerprint density at radius 1 is 1.30 bits per heavy atom. The number of hydrogen-bond acceptors (Lipinski definition) is 4. The first-order valence-electron chi connectivity index (χ1n) is 5.79. The number of hydrogen-bond donors (Lipinski definition) is 2. The number of benzene rings is 1. The number of anilines is 1. The summed E-state index contributed by atoms with van der Waals surface area (Å²) in [5, 5.41) is 0. The van der Waals surface area contributed by atoms with Crippen molar-refractivity contribution in [2.24, 2.45) is 0 Å². The van der Waals surface area contributed by atoms with Gasteiger partial charge in [0, 0.05) is 6.20 Å². The summed E-state index contributed by atoms with van der Waals surface area (Å²) < 4.78 is 31.4. The van der Waals surface area contributed by atoms with Crippen LogP contribution in [-0.2, 0) is 14.8 Å². The molecule has 0 bridgehead atoms. The molecule has 0 amide bonds. The van der Waals surface area contributed by atoms with Crippen molar-refractivity contribution in [1.82, 2.24) is 4.98 Å². The summed E-state index contributed by atoms with van der Waals surface area (Å²) in [5.74, 6) is -0.623. The van der Waals surface area contributed by atoms with Crippen molar-refractivity contribution >= 4 is 21.7 Å². The fraction of sp³-hybridized carbons (Fsp3) is 0.154. The molecule has 0 spiro atoms. The average molecular weight is 294 g/mol. The number of para-hydroxylation sites is 1. The summed E-state index contributed by atoms with van der Waals surface area (Å²) in [6.45, 7) is 1.80. The fourth-order valence-corrected chi connectivity index (χ4v) is 2.77. The molecule has 6 nitrogen and oxygen atoms in total. The van der Waals surface area contributed by atoms with Gasteiger partial charge >= 0.3 is 5.97 Å². The van der Waals surface area contributed by atoms with Gasteiger partial charge in [0.25, 0.3) is 10.0 Å². The highest BCUT2D eigenvalue weighted by Crippen LogP contribution is 2.19. The number of ether oxygens (including phenoxy) is 1. The number of esters is 1. The third-order valence-electron chi connectivity index (χ3n) is 2.76. The van der Waals surface area contributed by atoms with Gasteiger partial charge in [-0.05, 0) is 24.6 Å². The van der Waals surface area contributed by atoms with Crippen LogP contribution in [0.25, 0.3) is 0 Å². The summed E-state index contributed by atoms with van der Waals surface area (Å²) in [6.07, 6.45) is 1.24. The molecule has 0 saturated carbocycles. The number of sulfonamides is 1. The van der Waals surface area contributed by atoms with Crippen molar-refractivity contribution < 1.29 is 17.9 Å². The molecule has 0 aliphatic carbocycles. The lowest BCUT2D eigenvalue weighted by atomic mass is 10.2. The standard InChI is InChI=1S/C13H14N2O4S/c1-9-5-3-4-6-11(9)15-20(17,18)10-7-12(14-8-10)13(16)19-2/h3-8,14-15H,1-2H3. The predicted octanol–water partition coefficient (Wildman–Crippen LogP) is 1.91. The van der Waals surface area contributed by atoms with Gasteiger partial charge in [-0.15, -0.1) is 0 Å². The summed E-state index contributed by atoms with van der Waals surface area (Å²) >= 11 is 0. The van der Waals surface area contributed by atoms with Gasteiger partial charge in [0.2, 0.25) is 0 Å². The molecule has 2 N–H and O–H groups in total. The second-order valence-corrected chi connectivity index (χ2v) is 5.84. The van der Waals surface area contributed by atoms with Gasteiger partial charge in [0.1, 0.15) is 10.6 Å². The highest BCUT2D eigenvalue weighted by Gasteiger charge is 2.19. The summed E-state index contributed by atoms with van der Waals surface area (Å²) in [4.78, 5) is 13.8. The van der Waals surface area contributed by atoms with Crippen molar-refractivity contribution in [3.05, 3.63) is 47.8 Å². The van der Waals surface area contributed by atoms with E-state index in [0.29, 0.717) is 5.69 Å². The van der Waals surface area contributed by atoms with E-state index in [-0.39, 0.29) is 10.6 Å². The Kier molecular flexibility index (Phi) is 3.80. The molecule has 0 fully saturated rings. The van der Waals surface area contributed by atoms with Gasteiger partial charge < -0.3 is 9.72 Å². The van der Waals surface area contributed by atoms with E-state index < -0.39 is 16.0 Å². The molecule has 0 atom stereocenters. The molecule has 0 aliphatic heterocycles. The van der Waals surface area contributed by atoms with Gasteiger partial charge in [-0.25, -0.2) is 13.2 Å². The largest absolute Gasteiger partial charge is 0.464 e. The first-order valence-corrected chi connectivity index (χ1v) is 7.27. The van der Waals surface area contributed by atoms with Crippen LogP contribution < -0.4 is 4.72 Å². The molecule has 1 heterocycles. The van der Waals surface area contributed by atoms with E-state index in [1.165, 1.54) is 19.4 Å². The molecule has 0 saturated heterocycles. The van der Waals surface area contributed by atoms with E-state index in [2.05, 4.69) is 14.4 Å². The van der Waals surface area contributed by atoms with E-state index in [0.717, 1.165) is 5.56 Å². The van der Waals surface area contributed by atoms with Gasteiger partial charge in [-0.1, -0.05) is 18.2 Å². The van der Waals surface area contributed by atoms with Gasteiger partial charge in [0.15, 0.2) is 0 Å². The third kappa shape index (κ3) is 2.83. The Morgan fingerprint density at radius 2 is 2.00 bits per heavy atom. The monoisotopic (exact) mass is 294 g/mol.